The molecule has 0 spiro atoms. The highest BCUT2D eigenvalue weighted by molar-refractivity contribution is 5.37. The second-order valence-corrected chi connectivity index (χ2v) is 2.69. The molecule has 0 amide bonds. The predicted octanol–water partition coefficient (Wildman–Crippen LogP) is 2.17. The van der Waals surface area contributed by atoms with E-state index >= 15 is 0 Å². The minimum atomic E-state index is -0.921. The summed E-state index contributed by atoms with van der Waals surface area (Å²) in [6.45, 7) is -0.836. The predicted molar refractivity (Wildman–Crippen MR) is 47.4 cm³/mol. The van der Waals surface area contributed by atoms with Crippen molar-refractivity contribution in [2.24, 2.45) is 0 Å². The van der Waals surface area contributed by atoms with Gasteiger partial charge in [0.25, 0.3) is 5.69 Å². The average Bonchev–Trinajstić information content (AvgIpc) is 2.20. The lowest BCUT2D eigenvalue weighted by Gasteiger charge is -2.03. The molecule has 0 heterocycles. The van der Waals surface area contributed by atoms with Gasteiger partial charge in [0.15, 0.2) is 0 Å². The molecule has 1 aromatic carbocycles. The molecule has 0 aliphatic heterocycles. The van der Waals surface area contributed by atoms with E-state index in [2.05, 4.69) is 0 Å². The first kappa shape index (κ1) is 10.1. The van der Waals surface area contributed by atoms with Crippen LogP contribution in [0.15, 0.2) is 24.3 Å². The number of hydrogen-bond donors (Lipinski definition) is 0. The quantitative estimate of drug-likeness (QED) is 0.547. The molecule has 0 saturated carbocycles. The van der Waals surface area contributed by atoms with Crippen LogP contribution < -0.4 is 0 Å². The molecule has 0 bridgehead atoms. The third-order valence-electron chi connectivity index (χ3n) is 1.79. The number of alkyl halides is 1. The molecule has 1 unspecified atom stereocenters. The molecule has 4 nitrogen and oxygen atoms in total. The highest BCUT2D eigenvalue weighted by atomic mass is 19.1. The Morgan fingerprint density at radius 2 is 2.36 bits per heavy atom. The number of halogens is 1. The van der Waals surface area contributed by atoms with Crippen molar-refractivity contribution in [2.45, 2.75) is 5.92 Å². The Labute approximate surface area is 79.7 Å². The van der Waals surface area contributed by atoms with Gasteiger partial charge in [-0.15, -0.1) is 0 Å². The first-order valence-corrected chi connectivity index (χ1v) is 3.89. The van der Waals surface area contributed by atoms with Gasteiger partial charge < -0.3 is 0 Å². The zero-order chi connectivity index (χ0) is 10.6. The summed E-state index contributed by atoms with van der Waals surface area (Å²) in [6.07, 6.45) is 0. The van der Waals surface area contributed by atoms with Crippen LogP contribution >= 0.6 is 0 Å². The van der Waals surface area contributed by atoms with E-state index in [0.29, 0.717) is 5.56 Å². The minimum Gasteiger partial charge on any atom is -0.258 e. The van der Waals surface area contributed by atoms with Crippen molar-refractivity contribution in [1.29, 1.82) is 5.26 Å². The van der Waals surface area contributed by atoms with Gasteiger partial charge in [0.1, 0.15) is 6.67 Å². The highest BCUT2D eigenvalue weighted by Gasteiger charge is 2.13. The fourth-order valence-corrected chi connectivity index (χ4v) is 1.05. The lowest BCUT2D eigenvalue weighted by atomic mass is 10.0. The summed E-state index contributed by atoms with van der Waals surface area (Å²) in [5.74, 6) is -0.921. The monoisotopic (exact) mass is 194 g/mol. The Morgan fingerprint density at radius 3 is 2.86 bits per heavy atom. The summed E-state index contributed by atoms with van der Waals surface area (Å²) in [4.78, 5) is 9.81. The summed E-state index contributed by atoms with van der Waals surface area (Å²) >= 11 is 0. The fraction of sp³-hybridized carbons (Fsp3) is 0.222. The molecule has 0 aliphatic rings. The van der Waals surface area contributed by atoms with Gasteiger partial charge in [0.2, 0.25) is 0 Å². The zero-order valence-corrected chi connectivity index (χ0v) is 7.18. The van der Waals surface area contributed by atoms with E-state index < -0.39 is 17.5 Å². The van der Waals surface area contributed by atoms with Gasteiger partial charge in [-0.25, -0.2) is 4.39 Å². The molecule has 0 aromatic heterocycles. The summed E-state index contributed by atoms with van der Waals surface area (Å²) < 4.78 is 12.3. The molecule has 1 atom stereocenters. The number of nitrogens with zero attached hydrogens (tertiary/aromatic N) is 2. The largest absolute Gasteiger partial charge is 0.269 e. The summed E-state index contributed by atoms with van der Waals surface area (Å²) in [6, 6.07) is 7.19. The average molecular weight is 194 g/mol. The summed E-state index contributed by atoms with van der Waals surface area (Å²) in [5, 5.41) is 18.9. The molecule has 0 saturated heterocycles. The van der Waals surface area contributed by atoms with Crippen LogP contribution in [0.4, 0.5) is 10.1 Å². The van der Waals surface area contributed by atoms with Crippen LogP contribution in [0.2, 0.25) is 0 Å². The van der Waals surface area contributed by atoms with Crippen LogP contribution in [0, 0.1) is 21.4 Å². The SMILES string of the molecule is N#CC(CF)c1cccc([N+](=O)[O-])c1. The molecule has 0 aliphatic carbocycles. The van der Waals surface area contributed by atoms with Crippen LogP contribution in [0.25, 0.3) is 0 Å². The fourth-order valence-electron chi connectivity index (χ4n) is 1.05. The van der Waals surface area contributed by atoms with E-state index in [9.17, 15) is 14.5 Å². The number of nitriles is 1. The third kappa shape index (κ3) is 2.04. The molecule has 1 rings (SSSR count). The van der Waals surface area contributed by atoms with Gasteiger partial charge in [-0.05, 0) is 5.56 Å². The zero-order valence-electron chi connectivity index (χ0n) is 7.18. The van der Waals surface area contributed by atoms with E-state index in [1.165, 1.54) is 24.3 Å². The van der Waals surface area contributed by atoms with Crippen LogP contribution in [0.3, 0.4) is 0 Å². The van der Waals surface area contributed by atoms with Gasteiger partial charge in [-0.1, -0.05) is 12.1 Å². The Morgan fingerprint density at radius 1 is 1.64 bits per heavy atom. The van der Waals surface area contributed by atoms with Gasteiger partial charge in [-0.3, -0.25) is 10.1 Å². The van der Waals surface area contributed by atoms with Crippen molar-refractivity contribution in [3.8, 4) is 6.07 Å². The van der Waals surface area contributed by atoms with E-state index in [0.717, 1.165) is 0 Å². The maximum absolute atomic E-state index is 12.3. The van der Waals surface area contributed by atoms with E-state index in [4.69, 9.17) is 5.26 Å². The topological polar surface area (TPSA) is 66.9 Å². The number of non-ortho nitro benzene ring substituents is 1. The van der Waals surface area contributed by atoms with E-state index in [-0.39, 0.29) is 5.69 Å². The Kier molecular flexibility index (Phi) is 3.13. The van der Waals surface area contributed by atoms with Crippen molar-refractivity contribution in [3.63, 3.8) is 0 Å². The van der Waals surface area contributed by atoms with Gasteiger partial charge >= 0.3 is 0 Å². The third-order valence-corrected chi connectivity index (χ3v) is 1.79. The molecular formula is C9H7FN2O2. The highest BCUT2D eigenvalue weighted by Crippen LogP contribution is 2.20. The van der Waals surface area contributed by atoms with Crippen LogP contribution in [-0.4, -0.2) is 11.6 Å². The molecule has 1 aromatic rings. The Hall–Kier alpha value is -1.96. The minimum absolute atomic E-state index is 0.129. The lowest BCUT2D eigenvalue weighted by Crippen LogP contribution is -1.98. The number of rotatable bonds is 3. The Bertz CT molecular complexity index is 387. The maximum atomic E-state index is 12.3. The van der Waals surface area contributed by atoms with Gasteiger partial charge in [0, 0.05) is 12.1 Å². The molecule has 14 heavy (non-hydrogen) atoms. The van der Waals surface area contributed by atoms with Crippen LogP contribution in [-0.2, 0) is 0 Å². The molecule has 5 heteroatoms. The Balaban J connectivity index is 3.06. The van der Waals surface area contributed by atoms with Crippen LogP contribution in [0.1, 0.15) is 11.5 Å². The second-order valence-electron chi connectivity index (χ2n) is 2.69. The van der Waals surface area contributed by atoms with Crippen molar-refractivity contribution in [2.75, 3.05) is 6.67 Å². The maximum Gasteiger partial charge on any atom is 0.269 e. The number of hydrogen-bond acceptors (Lipinski definition) is 3. The van der Waals surface area contributed by atoms with E-state index in [1.54, 1.807) is 6.07 Å². The molecule has 72 valence electrons. The summed E-state index contributed by atoms with van der Waals surface area (Å²) in [7, 11) is 0. The summed E-state index contributed by atoms with van der Waals surface area (Å²) in [5.41, 5.74) is 0.209. The second kappa shape index (κ2) is 4.33. The first-order chi connectivity index (χ1) is 6.69. The van der Waals surface area contributed by atoms with Gasteiger partial charge in [0.05, 0.1) is 16.9 Å². The molecule has 0 N–H and O–H groups in total. The number of benzene rings is 1. The number of nitro groups is 1. The molecular weight excluding hydrogens is 187 g/mol. The van der Waals surface area contributed by atoms with Crippen molar-refractivity contribution in [3.05, 3.63) is 39.9 Å². The number of nitro benzene ring substituents is 1. The van der Waals surface area contributed by atoms with Crippen molar-refractivity contribution in [1.82, 2.24) is 0 Å². The molecule has 0 fully saturated rings. The normalized spacial score (nSPS) is 11.7. The van der Waals surface area contributed by atoms with Gasteiger partial charge in [-0.2, -0.15) is 5.26 Å². The molecule has 0 radical (unpaired) electrons. The standard InChI is InChI=1S/C9H7FN2O2/c10-5-8(6-11)7-2-1-3-9(4-7)12(13)14/h1-4,8H,5H2. The lowest BCUT2D eigenvalue weighted by molar-refractivity contribution is -0.384. The first-order valence-electron chi connectivity index (χ1n) is 3.89. The van der Waals surface area contributed by atoms with Crippen molar-refractivity contribution < 1.29 is 9.31 Å². The van der Waals surface area contributed by atoms with Crippen molar-refractivity contribution >= 4 is 5.69 Å². The smallest absolute Gasteiger partial charge is 0.258 e. The van der Waals surface area contributed by atoms with Crippen LogP contribution in [0.5, 0.6) is 0 Å². The van der Waals surface area contributed by atoms with E-state index in [1.807, 2.05) is 0 Å².